The van der Waals surface area contributed by atoms with Gasteiger partial charge >= 0.3 is 0 Å². The van der Waals surface area contributed by atoms with E-state index in [0.29, 0.717) is 5.02 Å². The van der Waals surface area contributed by atoms with Gasteiger partial charge in [-0.15, -0.1) is 0 Å². The average Bonchev–Trinajstić information content (AvgIpc) is 2.38. The zero-order valence-corrected chi connectivity index (χ0v) is 10.5. The zero-order chi connectivity index (χ0) is 12.1. The van der Waals surface area contributed by atoms with Crippen molar-refractivity contribution in [1.29, 1.82) is 0 Å². The number of nitrogens with zero attached hydrogens (tertiary/aromatic N) is 1. The molecule has 88 valence electrons. The number of rotatable bonds is 4. The first-order valence-corrected chi connectivity index (χ1v) is 6.09. The van der Waals surface area contributed by atoms with Crippen molar-refractivity contribution in [3.8, 4) is 0 Å². The van der Waals surface area contributed by atoms with Crippen LogP contribution in [0.5, 0.6) is 0 Å². The van der Waals surface area contributed by atoms with Crippen LogP contribution in [-0.4, -0.2) is 11.5 Å². The molecule has 0 amide bonds. The predicted molar refractivity (Wildman–Crippen MR) is 71.2 cm³/mol. The van der Waals surface area contributed by atoms with Crippen molar-refractivity contribution in [3.05, 3.63) is 64.9 Å². The maximum Gasteiger partial charge on any atom is 0.0751 e. The highest BCUT2D eigenvalue weighted by atomic mass is 35.5. The molecular formula is C14H15ClN2. The third kappa shape index (κ3) is 3.05. The third-order valence-corrected chi connectivity index (χ3v) is 2.81. The summed E-state index contributed by atoms with van der Waals surface area (Å²) in [5.74, 6) is 0. The lowest BCUT2D eigenvalue weighted by atomic mass is 10.0. The van der Waals surface area contributed by atoms with E-state index in [0.717, 1.165) is 12.2 Å². The molecule has 1 aromatic heterocycles. The molecule has 1 heterocycles. The van der Waals surface area contributed by atoms with E-state index in [-0.39, 0.29) is 6.04 Å². The SMILES string of the molecule is CCNC(c1ccccc1)c1ccc(Cl)cn1. The molecule has 2 aromatic rings. The standard InChI is InChI=1S/C14H15ClN2/c1-2-16-14(11-6-4-3-5-7-11)13-9-8-12(15)10-17-13/h3-10,14,16H,2H2,1H3. The minimum atomic E-state index is 0.124. The Kier molecular flexibility index (Phi) is 4.13. The van der Waals surface area contributed by atoms with Gasteiger partial charge in [0.15, 0.2) is 0 Å². The summed E-state index contributed by atoms with van der Waals surface area (Å²) < 4.78 is 0. The first-order chi connectivity index (χ1) is 8.31. The molecule has 17 heavy (non-hydrogen) atoms. The van der Waals surface area contributed by atoms with Gasteiger partial charge < -0.3 is 5.32 Å². The van der Waals surface area contributed by atoms with Crippen molar-refractivity contribution in [2.75, 3.05) is 6.54 Å². The summed E-state index contributed by atoms with van der Waals surface area (Å²) in [6, 6.07) is 14.2. The van der Waals surface area contributed by atoms with Crippen molar-refractivity contribution >= 4 is 11.6 Å². The molecule has 0 fully saturated rings. The summed E-state index contributed by atoms with van der Waals surface area (Å²) in [6.07, 6.45) is 1.68. The van der Waals surface area contributed by atoms with E-state index in [1.165, 1.54) is 5.56 Å². The quantitative estimate of drug-likeness (QED) is 0.894. The van der Waals surface area contributed by atoms with Crippen LogP contribution in [0.1, 0.15) is 24.2 Å². The molecule has 1 unspecified atom stereocenters. The summed E-state index contributed by atoms with van der Waals surface area (Å²) in [4.78, 5) is 4.38. The van der Waals surface area contributed by atoms with E-state index in [1.54, 1.807) is 6.20 Å². The lowest BCUT2D eigenvalue weighted by Gasteiger charge is -2.17. The second-order valence-electron chi connectivity index (χ2n) is 3.80. The Morgan fingerprint density at radius 2 is 1.94 bits per heavy atom. The van der Waals surface area contributed by atoms with Crippen LogP contribution in [0, 0.1) is 0 Å². The van der Waals surface area contributed by atoms with Gasteiger partial charge in [-0.1, -0.05) is 48.9 Å². The second-order valence-corrected chi connectivity index (χ2v) is 4.24. The molecule has 0 radical (unpaired) electrons. The van der Waals surface area contributed by atoms with Crippen LogP contribution in [0.4, 0.5) is 0 Å². The summed E-state index contributed by atoms with van der Waals surface area (Å²) in [5, 5.41) is 4.09. The van der Waals surface area contributed by atoms with E-state index >= 15 is 0 Å². The number of pyridine rings is 1. The maximum atomic E-state index is 5.86. The number of hydrogen-bond acceptors (Lipinski definition) is 2. The molecule has 0 aliphatic rings. The van der Waals surface area contributed by atoms with Crippen molar-refractivity contribution in [3.63, 3.8) is 0 Å². The van der Waals surface area contributed by atoms with Gasteiger partial charge in [0, 0.05) is 6.20 Å². The fourth-order valence-corrected chi connectivity index (χ4v) is 1.91. The number of benzene rings is 1. The molecule has 0 saturated heterocycles. The highest BCUT2D eigenvalue weighted by Crippen LogP contribution is 2.20. The van der Waals surface area contributed by atoms with Crippen molar-refractivity contribution in [1.82, 2.24) is 10.3 Å². The van der Waals surface area contributed by atoms with Gasteiger partial charge in [0.25, 0.3) is 0 Å². The van der Waals surface area contributed by atoms with Crippen LogP contribution in [0.15, 0.2) is 48.7 Å². The third-order valence-electron chi connectivity index (χ3n) is 2.59. The van der Waals surface area contributed by atoms with Gasteiger partial charge in [-0.3, -0.25) is 4.98 Å². The highest BCUT2D eigenvalue weighted by Gasteiger charge is 2.13. The van der Waals surface area contributed by atoms with E-state index in [1.807, 2.05) is 30.3 Å². The van der Waals surface area contributed by atoms with E-state index < -0.39 is 0 Å². The Labute approximate surface area is 107 Å². The van der Waals surface area contributed by atoms with Crippen LogP contribution >= 0.6 is 11.6 Å². The predicted octanol–water partition coefficient (Wildman–Crippen LogP) is 3.43. The normalized spacial score (nSPS) is 12.4. The highest BCUT2D eigenvalue weighted by molar-refractivity contribution is 6.30. The summed E-state index contributed by atoms with van der Waals surface area (Å²) in [7, 11) is 0. The molecule has 0 bridgehead atoms. The van der Waals surface area contributed by atoms with Crippen molar-refractivity contribution < 1.29 is 0 Å². The van der Waals surface area contributed by atoms with Crippen molar-refractivity contribution in [2.45, 2.75) is 13.0 Å². The first kappa shape index (κ1) is 12.1. The number of hydrogen-bond donors (Lipinski definition) is 1. The van der Waals surface area contributed by atoms with E-state index in [2.05, 4.69) is 29.4 Å². The first-order valence-electron chi connectivity index (χ1n) is 5.71. The summed E-state index contributed by atoms with van der Waals surface area (Å²) in [5.41, 5.74) is 2.20. The Morgan fingerprint density at radius 1 is 1.18 bits per heavy atom. The molecular weight excluding hydrogens is 232 g/mol. The summed E-state index contributed by atoms with van der Waals surface area (Å²) in [6.45, 7) is 2.98. The molecule has 0 aliphatic carbocycles. The summed E-state index contributed by atoms with van der Waals surface area (Å²) >= 11 is 5.86. The van der Waals surface area contributed by atoms with Crippen LogP contribution in [0.2, 0.25) is 5.02 Å². The largest absolute Gasteiger partial charge is 0.305 e. The fraction of sp³-hybridized carbons (Fsp3) is 0.214. The minimum absolute atomic E-state index is 0.124. The lowest BCUT2D eigenvalue weighted by molar-refractivity contribution is 0.615. The Morgan fingerprint density at radius 3 is 2.53 bits per heavy atom. The van der Waals surface area contributed by atoms with Crippen molar-refractivity contribution in [2.24, 2.45) is 0 Å². The van der Waals surface area contributed by atoms with Gasteiger partial charge in [0.05, 0.1) is 16.8 Å². The van der Waals surface area contributed by atoms with Crippen LogP contribution in [0.3, 0.4) is 0 Å². The van der Waals surface area contributed by atoms with Gasteiger partial charge in [-0.2, -0.15) is 0 Å². The fourth-order valence-electron chi connectivity index (χ4n) is 1.80. The Bertz CT molecular complexity index is 453. The average molecular weight is 247 g/mol. The monoisotopic (exact) mass is 246 g/mol. The smallest absolute Gasteiger partial charge is 0.0751 e. The zero-order valence-electron chi connectivity index (χ0n) is 9.73. The molecule has 0 saturated carbocycles. The van der Waals surface area contributed by atoms with Gasteiger partial charge in [0.2, 0.25) is 0 Å². The lowest BCUT2D eigenvalue weighted by Crippen LogP contribution is -2.22. The van der Waals surface area contributed by atoms with Crippen LogP contribution in [0.25, 0.3) is 0 Å². The number of halogens is 1. The Balaban J connectivity index is 2.32. The topological polar surface area (TPSA) is 24.9 Å². The molecule has 0 spiro atoms. The number of aromatic nitrogens is 1. The van der Waals surface area contributed by atoms with Gasteiger partial charge in [-0.05, 0) is 24.2 Å². The van der Waals surface area contributed by atoms with E-state index in [9.17, 15) is 0 Å². The maximum absolute atomic E-state index is 5.86. The Hall–Kier alpha value is -1.38. The molecule has 1 atom stereocenters. The van der Waals surface area contributed by atoms with Gasteiger partial charge in [0.1, 0.15) is 0 Å². The molecule has 1 aromatic carbocycles. The van der Waals surface area contributed by atoms with Crippen LogP contribution in [-0.2, 0) is 0 Å². The van der Waals surface area contributed by atoms with Gasteiger partial charge in [-0.25, -0.2) is 0 Å². The molecule has 3 heteroatoms. The number of nitrogens with one attached hydrogen (secondary N) is 1. The van der Waals surface area contributed by atoms with E-state index in [4.69, 9.17) is 11.6 Å². The molecule has 0 aliphatic heterocycles. The molecule has 2 rings (SSSR count). The molecule has 2 nitrogen and oxygen atoms in total. The molecule has 1 N–H and O–H groups in total. The second kappa shape index (κ2) is 5.80. The van der Waals surface area contributed by atoms with Crippen LogP contribution < -0.4 is 5.32 Å². The minimum Gasteiger partial charge on any atom is -0.305 e.